The van der Waals surface area contributed by atoms with Crippen molar-refractivity contribution in [3.05, 3.63) is 168 Å². The van der Waals surface area contributed by atoms with E-state index >= 15 is 0 Å². The van der Waals surface area contributed by atoms with Crippen molar-refractivity contribution in [1.82, 2.24) is 0 Å². The average molecular weight is 687 g/mol. The number of hydrogen-bond donors (Lipinski definition) is 0. The molecule has 0 amide bonds. The lowest BCUT2D eigenvalue weighted by Crippen LogP contribution is -2.10. The largest absolute Gasteiger partial charge is 0.530 e. The topological polar surface area (TPSA) is 89.5 Å². The van der Waals surface area contributed by atoms with Gasteiger partial charge in [0, 0.05) is 0 Å². The Bertz CT molecular complexity index is 1510. The molecule has 5 aromatic rings. The summed E-state index contributed by atoms with van der Waals surface area (Å²) in [5, 5.41) is 0. The minimum Gasteiger partial charge on any atom is -0.400 e. The number of para-hydroxylation sites is 2. The van der Waals surface area contributed by atoms with Crippen LogP contribution < -0.4 is 9.05 Å². The smallest absolute Gasteiger partial charge is 0.400 e. The van der Waals surface area contributed by atoms with Gasteiger partial charge in [0.2, 0.25) is 0 Å². The van der Waals surface area contributed by atoms with Gasteiger partial charge < -0.3 is 9.05 Å². The van der Waals surface area contributed by atoms with Crippen LogP contribution in [-0.2, 0) is 52.9 Å². The summed E-state index contributed by atoms with van der Waals surface area (Å²) in [6.07, 6.45) is 1.98. The van der Waals surface area contributed by atoms with Crippen molar-refractivity contribution >= 4 is 15.6 Å². The third kappa shape index (κ3) is 11.9. The number of rotatable bonds is 20. The highest BCUT2D eigenvalue weighted by molar-refractivity contribution is 7.49. The van der Waals surface area contributed by atoms with E-state index in [9.17, 15) is 9.13 Å². The molecule has 5 rings (SSSR count). The second-order valence-electron chi connectivity index (χ2n) is 10.8. The van der Waals surface area contributed by atoms with Gasteiger partial charge in [0.05, 0.1) is 26.4 Å². The van der Waals surface area contributed by atoms with Crippen molar-refractivity contribution in [3.63, 3.8) is 0 Å². The molecule has 0 heterocycles. The molecular weight excluding hydrogens is 646 g/mol. The fraction of sp³-hybridized carbons (Fsp3) is 0.211. The molecule has 0 aliphatic heterocycles. The molecule has 0 aliphatic carbocycles. The number of benzene rings is 5. The van der Waals surface area contributed by atoms with Gasteiger partial charge in [-0.1, -0.05) is 133 Å². The predicted molar refractivity (Wildman–Crippen MR) is 187 cm³/mol. The Kier molecular flexibility index (Phi) is 13.6. The summed E-state index contributed by atoms with van der Waals surface area (Å²) >= 11 is 0. The Morgan fingerprint density at radius 3 is 0.812 bits per heavy atom. The Morgan fingerprint density at radius 1 is 0.333 bits per heavy atom. The molecule has 0 radical (unpaired) electrons. The van der Waals surface area contributed by atoms with Gasteiger partial charge in [-0.2, -0.15) is 0 Å². The maximum Gasteiger partial charge on any atom is 0.530 e. The highest BCUT2D eigenvalue weighted by Crippen LogP contribution is 2.56. The van der Waals surface area contributed by atoms with Crippen molar-refractivity contribution in [1.29, 1.82) is 0 Å². The van der Waals surface area contributed by atoms with E-state index in [-0.39, 0.29) is 37.9 Å². The molecule has 0 N–H and O–H groups in total. The van der Waals surface area contributed by atoms with Crippen molar-refractivity contribution in [2.45, 2.75) is 25.7 Å². The third-order valence-corrected chi connectivity index (χ3v) is 10.0. The van der Waals surface area contributed by atoms with Gasteiger partial charge in [-0.3, -0.25) is 18.1 Å². The first-order valence-corrected chi connectivity index (χ1v) is 18.8. The van der Waals surface area contributed by atoms with Gasteiger partial charge in [-0.25, -0.2) is 9.13 Å². The van der Waals surface area contributed by atoms with Gasteiger partial charge in [0.15, 0.2) is 11.5 Å². The molecule has 48 heavy (non-hydrogen) atoms. The summed E-state index contributed by atoms with van der Waals surface area (Å²) in [6.45, 7) is 0.331. The van der Waals surface area contributed by atoms with Crippen LogP contribution in [0.15, 0.2) is 146 Å². The molecule has 0 saturated heterocycles. The molecule has 0 aromatic heterocycles. The highest BCUT2D eigenvalue weighted by Gasteiger charge is 2.34. The summed E-state index contributed by atoms with van der Waals surface area (Å²) in [7, 11) is -8.36. The SMILES string of the molecule is O=P(OCCc1ccccc1)(OCCc1ccccc1)Oc1ccccc1OP(=O)(OCCc1ccccc1)OCCc1ccccc1. The van der Waals surface area contributed by atoms with Crippen LogP contribution in [0, 0.1) is 0 Å². The zero-order chi connectivity index (χ0) is 33.3. The van der Waals surface area contributed by atoms with E-state index in [2.05, 4.69) is 0 Å². The fourth-order valence-electron chi connectivity index (χ4n) is 4.70. The molecule has 250 valence electrons. The van der Waals surface area contributed by atoms with Gasteiger partial charge in [0.25, 0.3) is 0 Å². The number of hydrogen-bond acceptors (Lipinski definition) is 8. The molecule has 0 atom stereocenters. The quantitative estimate of drug-likeness (QED) is 0.0748. The normalized spacial score (nSPS) is 11.7. The lowest BCUT2D eigenvalue weighted by atomic mass is 10.2. The van der Waals surface area contributed by atoms with Gasteiger partial charge in [0.1, 0.15) is 0 Å². The Hall–Kier alpha value is -4.00. The summed E-state index contributed by atoms with van der Waals surface area (Å²) in [5.74, 6) is 0.0256. The minimum atomic E-state index is -4.18. The first kappa shape index (κ1) is 35.3. The van der Waals surface area contributed by atoms with Gasteiger partial charge in [-0.05, 0) is 60.1 Å². The molecular formula is C38H40O8P2. The van der Waals surface area contributed by atoms with Gasteiger partial charge in [-0.15, -0.1) is 0 Å². The van der Waals surface area contributed by atoms with Crippen molar-refractivity contribution < 1.29 is 36.3 Å². The van der Waals surface area contributed by atoms with Crippen molar-refractivity contribution in [3.8, 4) is 11.5 Å². The minimum absolute atomic E-state index is 0.0128. The van der Waals surface area contributed by atoms with Crippen LogP contribution in [0.5, 0.6) is 11.5 Å². The summed E-state index contributed by atoms with van der Waals surface area (Å²) in [5.41, 5.74) is 4.05. The van der Waals surface area contributed by atoms with E-state index in [1.54, 1.807) is 24.3 Å². The number of phosphoric ester groups is 2. The summed E-state index contributed by atoms with van der Waals surface area (Å²) in [4.78, 5) is 0. The maximum absolute atomic E-state index is 14.1. The van der Waals surface area contributed by atoms with E-state index in [0.717, 1.165) is 22.3 Å². The first-order chi connectivity index (χ1) is 23.5. The summed E-state index contributed by atoms with van der Waals surface area (Å²) < 4.78 is 63.3. The zero-order valence-corrected chi connectivity index (χ0v) is 28.5. The van der Waals surface area contributed by atoms with E-state index in [4.69, 9.17) is 27.1 Å². The Balaban J connectivity index is 1.30. The monoisotopic (exact) mass is 686 g/mol. The Labute approximate surface area is 282 Å². The van der Waals surface area contributed by atoms with Crippen LogP contribution in [-0.4, -0.2) is 26.4 Å². The molecule has 0 fully saturated rings. The van der Waals surface area contributed by atoms with Gasteiger partial charge >= 0.3 is 15.6 Å². The highest BCUT2D eigenvalue weighted by atomic mass is 31.2. The van der Waals surface area contributed by atoms with Crippen LogP contribution in [0.25, 0.3) is 0 Å². The second-order valence-corrected chi connectivity index (χ2v) is 14.0. The predicted octanol–water partition coefficient (Wildman–Crippen LogP) is 9.70. The standard InChI is InChI=1S/C38H40O8P2/c39-47(41-29-25-33-15-5-1-6-16-33,42-30-26-34-17-7-2-8-18-34)45-37-23-13-14-24-38(37)46-48(40,43-31-27-35-19-9-3-10-20-35)44-32-28-36-21-11-4-12-22-36/h1-24H,25-32H2. The van der Waals surface area contributed by atoms with Crippen LogP contribution in [0.3, 0.4) is 0 Å². The molecule has 10 heteroatoms. The molecule has 0 bridgehead atoms. The van der Waals surface area contributed by atoms with Crippen LogP contribution >= 0.6 is 15.6 Å². The van der Waals surface area contributed by atoms with Crippen molar-refractivity contribution in [2.75, 3.05) is 26.4 Å². The molecule has 0 spiro atoms. The van der Waals surface area contributed by atoms with Crippen molar-refractivity contribution in [2.24, 2.45) is 0 Å². The van der Waals surface area contributed by atoms with E-state index in [1.165, 1.54) is 0 Å². The van der Waals surface area contributed by atoms with Crippen LogP contribution in [0.4, 0.5) is 0 Å². The lowest BCUT2D eigenvalue weighted by molar-refractivity contribution is 0.148. The number of phosphoric acid groups is 2. The van der Waals surface area contributed by atoms with E-state index in [0.29, 0.717) is 25.7 Å². The Morgan fingerprint density at radius 2 is 0.562 bits per heavy atom. The summed E-state index contributed by atoms with van der Waals surface area (Å²) in [6, 6.07) is 45.3. The van der Waals surface area contributed by atoms with E-state index < -0.39 is 15.6 Å². The molecule has 0 saturated carbocycles. The van der Waals surface area contributed by atoms with Crippen LogP contribution in [0.2, 0.25) is 0 Å². The molecule has 0 aliphatic rings. The molecule has 8 nitrogen and oxygen atoms in total. The maximum atomic E-state index is 14.1. The third-order valence-electron chi connectivity index (χ3n) is 7.20. The molecule has 5 aromatic carbocycles. The van der Waals surface area contributed by atoms with Crippen LogP contribution in [0.1, 0.15) is 22.3 Å². The molecule has 0 unspecified atom stereocenters. The fourth-order valence-corrected chi connectivity index (χ4v) is 7.10. The average Bonchev–Trinajstić information content (AvgIpc) is 3.11. The van der Waals surface area contributed by atoms with E-state index in [1.807, 2.05) is 121 Å². The zero-order valence-electron chi connectivity index (χ0n) is 26.7. The lowest BCUT2D eigenvalue weighted by Gasteiger charge is -2.23. The first-order valence-electron chi connectivity index (χ1n) is 15.9. The second kappa shape index (κ2) is 18.5.